The second-order valence-electron chi connectivity index (χ2n) is 4.22. The highest BCUT2D eigenvalue weighted by Crippen LogP contribution is 2.21. The molecule has 0 atom stereocenters. The number of sulfonamides is 1. The van der Waals surface area contributed by atoms with Gasteiger partial charge in [0.15, 0.2) is 0 Å². The third-order valence-corrected chi connectivity index (χ3v) is 4.87. The zero-order chi connectivity index (χ0) is 16.2. The Morgan fingerprint density at radius 3 is 2.41 bits per heavy atom. The maximum Gasteiger partial charge on any atom is 0.266 e. The lowest BCUT2D eigenvalue weighted by molar-refractivity contribution is 0.0945. The number of hydrogen-bond acceptors (Lipinski definition) is 4. The van der Waals surface area contributed by atoms with Gasteiger partial charge in [-0.25, -0.2) is 8.42 Å². The van der Waals surface area contributed by atoms with E-state index in [0.717, 1.165) is 3.57 Å². The quantitative estimate of drug-likeness (QED) is 0.559. The number of methoxy groups -OCH3 is 1. The molecule has 0 saturated heterocycles. The van der Waals surface area contributed by atoms with Crippen LogP contribution in [0.2, 0.25) is 0 Å². The number of ether oxygens (including phenoxy) is 1. The summed E-state index contributed by atoms with van der Waals surface area (Å²) in [5, 5.41) is 0. The highest BCUT2D eigenvalue weighted by atomic mass is 127. The second-order valence-corrected chi connectivity index (χ2v) is 7.07. The Balaban J connectivity index is 2.08. The predicted octanol–water partition coefficient (Wildman–Crippen LogP) is 1.92. The molecule has 0 unspecified atom stereocenters. The average molecular weight is 432 g/mol. The Labute approximate surface area is 142 Å². The van der Waals surface area contributed by atoms with E-state index in [-0.39, 0.29) is 4.90 Å². The highest BCUT2D eigenvalue weighted by Gasteiger charge is 2.15. The number of hydrazine groups is 1. The topological polar surface area (TPSA) is 84.5 Å². The van der Waals surface area contributed by atoms with Crippen LogP contribution in [-0.4, -0.2) is 21.4 Å². The van der Waals surface area contributed by atoms with Gasteiger partial charge >= 0.3 is 0 Å². The molecule has 2 aromatic rings. The van der Waals surface area contributed by atoms with Gasteiger partial charge in [0, 0.05) is 5.56 Å². The summed E-state index contributed by atoms with van der Waals surface area (Å²) < 4.78 is 29.8. The first-order valence-corrected chi connectivity index (χ1v) is 8.71. The fourth-order valence-electron chi connectivity index (χ4n) is 1.65. The number of nitrogens with one attached hydrogen (secondary N) is 2. The van der Waals surface area contributed by atoms with Crippen LogP contribution in [0.25, 0.3) is 0 Å². The molecule has 0 saturated carbocycles. The van der Waals surface area contributed by atoms with E-state index in [4.69, 9.17) is 4.74 Å². The van der Waals surface area contributed by atoms with Crippen molar-refractivity contribution < 1.29 is 17.9 Å². The smallest absolute Gasteiger partial charge is 0.266 e. The molecule has 1 amide bonds. The van der Waals surface area contributed by atoms with E-state index in [1.165, 1.54) is 19.2 Å². The second kappa shape index (κ2) is 7.07. The lowest BCUT2D eigenvalue weighted by Gasteiger charge is -2.09. The lowest BCUT2D eigenvalue weighted by Crippen LogP contribution is -2.41. The van der Waals surface area contributed by atoms with Crippen molar-refractivity contribution in [3.05, 3.63) is 57.7 Å². The maximum absolute atomic E-state index is 12.0. The van der Waals surface area contributed by atoms with E-state index in [2.05, 4.69) is 10.3 Å². The number of benzene rings is 2. The highest BCUT2D eigenvalue weighted by molar-refractivity contribution is 14.1. The third-order valence-electron chi connectivity index (χ3n) is 2.77. The predicted molar refractivity (Wildman–Crippen MR) is 89.9 cm³/mol. The Kier molecular flexibility index (Phi) is 5.37. The van der Waals surface area contributed by atoms with Gasteiger partial charge in [-0.3, -0.25) is 10.2 Å². The normalized spacial score (nSPS) is 11.0. The van der Waals surface area contributed by atoms with Gasteiger partial charge in [0.2, 0.25) is 0 Å². The van der Waals surface area contributed by atoms with Crippen LogP contribution in [0.1, 0.15) is 10.4 Å². The zero-order valence-electron chi connectivity index (χ0n) is 11.5. The van der Waals surface area contributed by atoms with Crippen LogP contribution in [0, 0.1) is 3.57 Å². The lowest BCUT2D eigenvalue weighted by atomic mass is 10.2. The molecule has 0 aromatic heterocycles. The largest absolute Gasteiger partial charge is 0.496 e. The van der Waals surface area contributed by atoms with E-state index in [9.17, 15) is 13.2 Å². The van der Waals surface area contributed by atoms with Crippen LogP contribution >= 0.6 is 22.6 Å². The molecule has 22 heavy (non-hydrogen) atoms. The number of carbonyl (C=O) groups is 1. The fourth-order valence-corrected chi connectivity index (χ4v) is 3.25. The molecule has 0 bridgehead atoms. The number of amides is 1. The first-order chi connectivity index (χ1) is 10.4. The van der Waals surface area contributed by atoms with Crippen molar-refractivity contribution in [2.24, 2.45) is 0 Å². The van der Waals surface area contributed by atoms with Crippen LogP contribution in [0.4, 0.5) is 0 Å². The molecule has 0 aliphatic heterocycles. The molecule has 8 heteroatoms. The average Bonchev–Trinajstić information content (AvgIpc) is 2.53. The summed E-state index contributed by atoms with van der Waals surface area (Å²) in [7, 11) is -2.26. The van der Waals surface area contributed by atoms with Gasteiger partial charge in [0.1, 0.15) is 5.75 Å². The summed E-state index contributed by atoms with van der Waals surface area (Å²) in [5.74, 6) is 0.0853. The van der Waals surface area contributed by atoms with Gasteiger partial charge < -0.3 is 4.74 Å². The Bertz CT molecular complexity index is 779. The minimum absolute atomic E-state index is 0.0691. The molecule has 0 aliphatic carbocycles. The maximum atomic E-state index is 12.0. The fraction of sp³-hybridized carbons (Fsp3) is 0.0714. The van der Waals surface area contributed by atoms with Crippen molar-refractivity contribution >= 4 is 38.5 Å². The summed E-state index contributed by atoms with van der Waals surface area (Å²) in [6, 6.07) is 12.6. The van der Waals surface area contributed by atoms with Crippen LogP contribution in [-0.2, 0) is 10.0 Å². The van der Waals surface area contributed by atoms with E-state index in [0.29, 0.717) is 11.3 Å². The first kappa shape index (κ1) is 16.7. The molecular weight excluding hydrogens is 419 g/mol. The van der Waals surface area contributed by atoms with Gasteiger partial charge in [-0.15, -0.1) is 4.83 Å². The number of rotatable bonds is 5. The van der Waals surface area contributed by atoms with Crippen molar-refractivity contribution in [3.63, 3.8) is 0 Å². The number of halogens is 1. The molecule has 6 nitrogen and oxygen atoms in total. The van der Waals surface area contributed by atoms with Crippen LogP contribution < -0.4 is 15.0 Å². The molecule has 2 N–H and O–H groups in total. The summed E-state index contributed by atoms with van der Waals surface area (Å²) in [6.45, 7) is 0. The minimum Gasteiger partial charge on any atom is -0.496 e. The molecule has 2 rings (SSSR count). The van der Waals surface area contributed by atoms with E-state index >= 15 is 0 Å². The van der Waals surface area contributed by atoms with E-state index in [1.54, 1.807) is 36.4 Å². The van der Waals surface area contributed by atoms with Crippen molar-refractivity contribution in [3.8, 4) is 5.75 Å². The monoisotopic (exact) mass is 432 g/mol. The van der Waals surface area contributed by atoms with Gasteiger partial charge in [0.25, 0.3) is 15.9 Å². The summed E-state index contributed by atoms with van der Waals surface area (Å²) in [6.07, 6.45) is 0. The first-order valence-electron chi connectivity index (χ1n) is 6.15. The Morgan fingerprint density at radius 1 is 1.14 bits per heavy atom. The molecule has 0 aliphatic rings. The van der Waals surface area contributed by atoms with Gasteiger partial charge in [0.05, 0.1) is 15.6 Å². The standard InChI is InChI=1S/C14H13IN2O4S/c1-21-13-8-7-10(9-12(13)15)14(18)16-17-22(19,20)11-5-3-2-4-6-11/h2-9,17H,1H3,(H,16,18). The number of hydrogen-bond donors (Lipinski definition) is 2. The molecule has 0 fully saturated rings. The van der Waals surface area contributed by atoms with E-state index in [1.807, 2.05) is 22.6 Å². The van der Waals surface area contributed by atoms with Crippen LogP contribution in [0.5, 0.6) is 5.75 Å². The molecule has 0 radical (unpaired) electrons. The summed E-state index contributed by atoms with van der Waals surface area (Å²) in [4.78, 5) is 14.1. The Morgan fingerprint density at radius 2 is 1.82 bits per heavy atom. The SMILES string of the molecule is COc1ccc(C(=O)NNS(=O)(=O)c2ccccc2)cc1I. The minimum atomic E-state index is -3.79. The summed E-state index contributed by atoms with van der Waals surface area (Å²) in [5.41, 5.74) is 2.50. The van der Waals surface area contributed by atoms with Crippen LogP contribution in [0.3, 0.4) is 0 Å². The Hall–Kier alpha value is -1.65. The number of carbonyl (C=O) groups excluding carboxylic acids is 1. The van der Waals surface area contributed by atoms with Gasteiger partial charge in [-0.2, -0.15) is 0 Å². The van der Waals surface area contributed by atoms with Crippen molar-refractivity contribution in [1.29, 1.82) is 0 Å². The van der Waals surface area contributed by atoms with Crippen molar-refractivity contribution in [2.45, 2.75) is 4.90 Å². The van der Waals surface area contributed by atoms with Crippen LogP contribution in [0.15, 0.2) is 53.4 Å². The van der Waals surface area contributed by atoms with Crippen molar-refractivity contribution in [1.82, 2.24) is 10.3 Å². The zero-order valence-corrected chi connectivity index (χ0v) is 14.5. The van der Waals surface area contributed by atoms with E-state index < -0.39 is 15.9 Å². The molecule has 116 valence electrons. The van der Waals surface area contributed by atoms with Gasteiger partial charge in [-0.1, -0.05) is 18.2 Å². The molecule has 0 spiro atoms. The third kappa shape index (κ3) is 3.96. The summed E-state index contributed by atoms with van der Waals surface area (Å²) >= 11 is 2.03. The molecular formula is C14H13IN2O4S. The molecule has 0 heterocycles. The van der Waals surface area contributed by atoms with Crippen molar-refractivity contribution in [2.75, 3.05) is 7.11 Å². The molecule has 2 aromatic carbocycles. The van der Waals surface area contributed by atoms with Gasteiger partial charge in [-0.05, 0) is 52.9 Å².